The summed E-state index contributed by atoms with van der Waals surface area (Å²) in [5.41, 5.74) is 1.12. The van der Waals surface area contributed by atoms with Gasteiger partial charge in [0.05, 0.1) is 22.4 Å². The normalized spacial score (nSPS) is 19.1. The quantitative estimate of drug-likeness (QED) is 0.909. The molecule has 1 aromatic heterocycles. The van der Waals surface area contributed by atoms with E-state index in [1.54, 1.807) is 11.3 Å². The van der Waals surface area contributed by atoms with Crippen molar-refractivity contribution in [2.45, 2.75) is 43.8 Å². The SMILES string of the molecule is OC(Cc1nc(-c2ccccc2)cs1)C1(O)CCCC1. The minimum Gasteiger partial charge on any atom is -0.390 e. The van der Waals surface area contributed by atoms with Crippen molar-refractivity contribution in [1.29, 1.82) is 0 Å². The van der Waals surface area contributed by atoms with Crippen LogP contribution in [0.25, 0.3) is 11.3 Å². The molecule has 0 spiro atoms. The molecule has 2 aromatic rings. The second kappa shape index (κ2) is 5.64. The molecule has 4 heteroatoms. The second-order valence-corrected chi connectivity index (χ2v) is 6.47. The standard InChI is InChI=1S/C16H19NO2S/c18-14(16(19)8-4-5-9-16)10-15-17-13(11-20-15)12-6-2-1-3-7-12/h1-3,6-7,11,14,18-19H,4-5,8-10H2. The molecule has 1 heterocycles. The van der Waals surface area contributed by atoms with E-state index in [9.17, 15) is 10.2 Å². The Morgan fingerprint density at radius 1 is 1.20 bits per heavy atom. The van der Waals surface area contributed by atoms with Gasteiger partial charge in [-0.2, -0.15) is 0 Å². The molecule has 2 N–H and O–H groups in total. The zero-order valence-electron chi connectivity index (χ0n) is 11.3. The van der Waals surface area contributed by atoms with E-state index in [1.165, 1.54) is 0 Å². The van der Waals surface area contributed by atoms with E-state index in [-0.39, 0.29) is 0 Å². The van der Waals surface area contributed by atoms with Gasteiger partial charge in [-0.15, -0.1) is 11.3 Å². The first-order chi connectivity index (χ1) is 9.67. The fourth-order valence-electron chi connectivity index (χ4n) is 2.82. The molecule has 1 aliphatic rings. The summed E-state index contributed by atoms with van der Waals surface area (Å²) in [6.07, 6.45) is 3.13. The Morgan fingerprint density at radius 3 is 2.60 bits per heavy atom. The minimum absolute atomic E-state index is 0.438. The highest BCUT2D eigenvalue weighted by atomic mass is 32.1. The smallest absolute Gasteiger partial charge is 0.0959 e. The molecule has 0 amide bonds. The summed E-state index contributed by atoms with van der Waals surface area (Å²) in [5.74, 6) is 0. The molecule has 0 bridgehead atoms. The van der Waals surface area contributed by atoms with Gasteiger partial charge in [0.2, 0.25) is 0 Å². The van der Waals surface area contributed by atoms with E-state index in [4.69, 9.17) is 0 Å². The van der Waals surface area contributed by atoms with E-state index in [2.05, 4.69) is 4.98 Å². The summed E-state index contributed by atoms with van der Waals surface area (Å²) >= 11 is 1.55. The van der Waals surface area contributed by atoms with Gasteiger partial charge in [0.25, 0.3) is 0 Å². The number of thiazole rings is 1. The summed E-state index contributed by atoms with van der Waals surface area (Å²) in [5, 5.41) is 23.5. The van der Waals surface area contributed by atoms with Crippen LogP contribution in [0.4, 0.5) is 0 Å². The van der Waals surface area contributed by atoms with E-state index in [0.29, 0.717) is 19.3 Å². The summed E-state index contributed by atoms with van der Waals surface area (Å²) < 4.78 is 0. The highest BCUT2D eigenvalue weighted by Crippen LogP contribution is 2.34. The van der Waals surface area contributed by atoms with Crippen molar-refractivity contribution in [3.63, 3.8) is 0 Å². The Kier molecular flexibility index (Phi) is 3.87. The molecular formula is C16H19NO2S. The van der Waals surface area contributed by atoms with Gasteiger partial charge in [-0.1, -0.05) is 43.2 Å². The van der Waals surface area contributed by atoms with Crippen LogP contribution in [0.15, 0.2) is 35.7 Å². The van der Waals surface area contributed by atoms with Crippen molar-refractivity contribution in [3.8, 4) is 11.3 Å². The fraction of sp³-hybridized carbons (Fsp3) is 0.438. The molecular weight excluding hydrogens is 270 g/mol. The molecule has 3 nitrogen and oxygen atoms in total. The predicted octanol–water partition coefficient (Wildman–Crippen LogP) is 3.02. The van der Waals surface area contributed by atoms with Crippen LogP contribution >= 0.6 is 11.3 Å². The summed E-state index contributed by atoms with van der Waals surface area (Å²) in [6, 6.07) is 10.0. The van der Waals surface area contributed by atoms with Crippen molar-refractivity contribution in [3.05, 3.63) is 40.7 Å². The Hall–Kier alpha value is -1.23. The molecule has 0 aliphatic heterocycles. The van der Waals surface area contributed by atoms with Gasteiger partial charge in [-0.25, -0.2) is 4.98 Å². The van der Waals surface area contributed by atoms with Crippen LogP contribution in [0, 0.1) is 0 Å². The van der Waals surface area contributed by atoms with Gasteiger partial charge in [0.15, 0.2) is 0 Å². The van der Waals surface area contributed by atoms with Gasteiger partial charge in [0.1, 0.15) is 0 Å². The lowest BCUT2D eigenvalue weighted by molar-refractivity contribution is -0.0689. The molecule has 1 atom stereocenters. The molecule has 1 fully saturated rings. The summed E-state index contributed by atoms with van der Waals surface area (Å²) in [4.78, 5) is 4.57. The average Bonchev–Trinajstić information content (AvgIpc) is 3.10. The van der Waals surface area contributed by atoms with Gasteiger partial charge in [-0.3, -0.25) is 0 Å². The highest BCUT2D eigenvalue weighted by Gasteiger charge is 2.38. The van der Waals surface area contributed by atoms with Crippen molar-refractivity contribution in [1.82, 2.24) is 4.98 Å². The summed E-state index contributed by atoms with van der Waals surface area (Å²) in [6.45, 7) is 0. The van der Waals surface area contributed by atoms with Gasteiger partial charge in [0, 0.05) is 17.4 Å². The Bertz CT molecular complexity index is 561. The van der Waals surface area contributed by atoms with E-state index >= 15 is 0 Å². The van der Waals surface area contributed by atoms with Crippen LogP contribution in [0.5, 0.6) is 0 Å². The lowest BCUT2D eigenvalue weighted by Gasteiger charge is -2.27. The van der Waals surface area contributed by atoms with E-state index in [1.807, 2.05) is 35.7 Å². The zero-order chi connectivity index (χ0) is 14.0. The Labute approximate surface area is 122 Å². The number of aliphatic hydroxyl groups is 2. The first-order valence-corrected chi connectivity index (χ1v) is 7.96. The Balaban J connectivity index is 1.71. The van der Waals surface area contributed by atoms with Crippen LogP contribution in [-0.4, -0.2) is 26.9 Å². The average molecular weight is 289 g/mol. The Morgan fingerprint density at radius 2 is 1.90 bits per heavy atom. The van der Waals surface area contributed by atoms with Crippen molar-refractivity contribution >= 4 is 11.3 Å². The molecule has 0 radical (unpaired) electrons. The topological polar surface area (TPSA) is 53.4 Å². The molecule has 1 aliphatic carbocycles. The molecule has 3 rings (SSSR count). The van der Waals surface area contributed by atoms with E-state index < -0.39 is 11.7 Å². The fourth-order valence-corrected chi connectivity index (χ4v) is 3.66. The summed E-state index contributed by atoms with van der Waals surface area (Å²) in [7, 11) is 0. The van der Waals surface area contributed by atoms with Crippen molar-refractivity contribution in [2.75, 3.05) is 0 Å². The lowest BCUT2D eigenvalue weighted by atomic mass is 9.93. The van der Waals surface area contributed by atoms with Gasteiger partial charge < -0.3 is 10.2 Å². The molecule has 20 heavy (non-hydrogen) atoms. The predicted molar refractivity (Wildman–Crippen MR) is 80.7 cm³/mol. The number of rotatable bonds is 4. The molecule has 1 saturated carbocycles. The third-order valence-electron chi connectivity index (χ3n) is 4.08. The molecule has 1 aromatic carbocycles. The molecule has 1 unspecified atom stereocenters. The molecule has 0 saturated heterocycles. The minimum atomic E-state index is -0.904. The highest BCUT2D eigenvalue weighted by molar-refractivity contribution is 7.09. The van der Waals surface area contributed by atoms with Crippen molar-refractivity contribution in [2.24, 2.45) is 0 Å². The van der Waals surface area contributed by atoms with Crippen LogP contribution < -0.4 is 0 Å². The van der Waals surface area contributed by atoms with Crippen LogP contribution in [0.2, 0.25) is 0 Å². The van der Waals surface area contributed by atoms with Gasteiger partial charge >= 0.3 is 0 Å². The number of aromatic nitrogens is 1. The monoisotopic (exact) mass is 289 g/mol. The largest absolute Gasteiger partial charge is 0.390 e. The van der Waals surface area contributed by atoms with Gasteiger partial charge in [-0.05, 0) is 12.8 Å². The van der Waals surface area contributed by atoms with Crippen molar-refractivity contribution < 1.29 is 10.2 Å². The van der Waals surface area contributed by atoms with Crippen LogP contribution in [0.1, 0.15) is 30.7 Å². The second-order valence-electron chi connectivity index (χ2n) is 5.52. The number of hydrogen-bond acceptors (Lipinski definition) is 4. The maximum absolute atomic E-state index is 10.4. The van der Waals surface area contributed by atoms with Crippen LogP contribution in [0.3, 0.4) is 0 Å². The number of nitrogens with zero attached hydrogens (tertiary/aromatic N) is 1. The third kappa shape index (κ3) is 2.77. The molecule has 106 valence electrons. The number of aliphatic hydroxyl groups excluding tert-OH is 1. The zero-order valence-corrected chi connectivity index (χ0v) is 12.1. The maximum Gasteiger partial charge on any atom is 0.0959 e. The van der Waals surface area contributed by atoms with E-state index in [0.717, 1.165) is 29.1 Å². The first-order valence-electron chi connectivity index (χ1n) is 7.08. The maximum atomic E-state index is 10.4. The lowest BCUT2D eigenvalue weighted by Crippen LogP contribution is -2.40. The first kappa shape index (κ1) is 13.7. The number of benzene rings is 1. The van der Waals surface area contributed by atoms with Crippen LogP contribution in [-0.2, 0) is 6.42 Å². The third-order valence-corrected chi connectivity index (χ3v) is 4.95. The number of hydrogen-bond donors (Lipinski definition) is 2.